The molecule has 0 saturated heterocycles. The zero-order valence-corrected chi connectivity index (χ0v) is 20.1. The molecule has 1 aromatic carbocycles. The van der Waals surface area contributed by atoms with Crippen LogP contribution in [0.25, 0.3) is 0 Å². The summed E-state index contributed by atoms with van der Waals surface area (Å²) in [4.78, 5) is 40.1. The SMILES string of the molecule is COC(=O)CCc1c(C(=O)OCc2ccccc2)[nH]c(CSC(C)(C)C)c1CC(=O)OC. The molecule has 1 heterocycles. The highest BCUT2D eigenvalue weighted by molar-refractivity contribution is 7.99. The zero-order chi connectivity index (χ0) is 23.7. The van der Waals surface area contributed by atoms with E-state index >= 15 is 0 Å². The third-order valence-electron chi connectivity index (χ3n) is 4.73. The number of aromatic amines is 1. The number of ether oxygens (including phenoxy) is 3. The Kier molecular flexibility index (Phi) is 9.38. The monoisotopic (exact) mass is 461 g/mol. The van der Waals surface area contributed by atoms with Crippen molar-refractivity contribution in [1.82, 2.24) is 4.98 Å². The average molecular weight is 462 g/mol. The Morgan fingerprint density at radius 1 is 0.969 bits per heavy atom. The molecular weight excluding hydrogens is 430 g/mol. The van der Waals surface area contributed by atoms with E-state index < -0.39 is 17.9 Å². The maximum Gasteiger partial charge on any atom is 0.355 e. The number of carbonyl (C=O) groups is 3. The summed E-state index contributed by atoms with van der Waals surface area (Å²) >= 11 is 1.68. The molecule has 1 aromatic heterocycles. The number of carbonyl (C=O) groups excluding carboxylic acids is 3. The maximum absolute atomic E-state index is 13.0. The van der Waals surface area contributed by atoms with Crippen LogP contribution < -0.4 is 0 Å². The Balaban J connectivity index is 2.39. The second kappa shape index (κ2) is 11.8. The first kappa shape index (κ1) is 25.5. The summed E-state index contributed by atoms with van der Waals surface area (Å²) < 4.78 is 15.1. The van der Waals surface area contributed by atoms with Crippen LogP contribution in [0.3, 0.4) is 0 Å². The van der Waals surface area contributed by atoms with Gasteiger partial charge in [0.1, 0.15) is 12.3 Å². The predicted octanol–water partition coefficient (Wildman–Crippen LogP) is 4.22. The van der Waals surface area contributed by atoms with E-state index in [-0.39, 0.29) is 36.3 Å². The van der Waals surface area contributed by atoms with Crippen molar-refractivity contribution >= 4 is 29.7 Å². The summed E-state index contributed by atoms with van der Waals surface area (Å²) in [5, 5.41) is 0. The number of H-pyrrole nitrogens is 1. The average Bonchev–Trinajstić information content (AvgIpc) is 3.11. The summed E-state index contributed by atoms with van der Waals surface area (Å²) in [6.07, 6.45) is 0.314. The number of hydrogen-bond donors (Lipinski definition) is 1. The molecule has 0 atom stereocenters. The largest absolute Gasteiger partial charge is 0.469 e. The van der Waals surface area contributed by atoms with Crippen molar-refractivity contribution in [2.45, 2.75) is 57.1 Å². The van der Waals surface area contributed by atoms with Crippen LogP contribution in [0.15, 0.2) is 30.3 Å². The van der Waals surface area contributed by atoms with Gasteiger partial charge in [-0.15, -0.1) is 11.8 Å². The summed E-state index contributed by atoms with van der Waals surface area (Å²) in [6.45, 7) is 6.39. The lowest BCUT2D eigenvalue weighted by molar-refractivity contribution is -0.140. The van der Waals surface area contributed by atoms with E-state index in [4.69, 9.17) is 14.2 Å². The van der Waals surface area contributed by atoms with Crippen LogP contribution >= 0.6 is 11.8 Å². The van der Waals surface area contributed by atoms with Gasteiger partial charge in [-0.05, 0) is 23.1 Å². The van der Waals surface area contributed by atoms with Crippen LogP contribution in [-0.2, 0) is 49.0 Å². The lowest BCUT2D eigenvalue weighted by Crippen LogP contribution is -2.12. The number of benzene rings is 1. The van der Waals surface area contributed by atoms with Gasteiger partial charge in [-0.3, -0.25) is 9.59 Å². The minimum atomic E-state index is -0.535. The molecule has 2 aromatic rings. The molecule has 32 heavy (non-hydrogen) atoms. The minimum Gasteiger partial charge on any atom is -0.469 e. The van der Waals surface area contributed by atoms with Crippen LogP contribution in [0, 0.1) is 0 Å². The third-order valence-corrected chi connectivity index (χ3v) is 6.03. The first-order valence-electron chi connectivity index (χ1n) is 10.4. The van der Waals surface area contributed by atoms with Gasteiger partial charge in [-0.1, -0.05) is 51.1 Å². The highest BCUT2D eigenvalue weighted by Gasteiger charge is 2.26. The first-order chi connectivity index (χ1) is 15.1. The van der Waals surface area contributed by atoms with Gasteiger partial charge in [-0.2, -0.15) is 0 Å². The number of rotatable bonds is 10. The first-order valence-corrected chi connectivity index (χ1v) is 11.3. The predicted molar refractivity (Wildman–Crippen MR) is 123 cm³/mol. The molecule has 174 valence electrons. The van der Waals surface area contributed by atoms with Gasteiger partial charge in [0.15, 0.2) is 0 Å². The van der Waals surface area contributed by atoms with Crippen LogP contribution in [0.5, 0.6) is 0 Å². The molecule has 0 radical (unpaired) electrons. The van der Waals surface area contributed by atoms with Crippen molar-refractivity contribution in [3.05, 3.63) is 58.4 Å². The quantitative estimate of drug-likeness (QED) is 0.418. The van der Waals surface area contributed by atoms with E-state index in [2.05, 4.69) is 25.8 Å². The number of thioether (sulfide) groups is 1. The minimum absolute atomic E-state index is 0.00446. The van der Waals surface area contributed by atoms with E-state index in [1.807, 2.05) is 30.3 Å². The fourth-order valence-electron chi connectivity index (χ4n) is 3.05. The molecule has 0 aliphatic carbocycles. The third kappa shape index (κ3) is 7.75. The molecular formula is C24H31NO6S. The molecule has 0 bridgehead atoms. The topological polar surface area (TPSA) is 94.7 Å². The van der Waals surface area contributed by atoms with Crippen LogP contribution in [-0.4, -0.2) is 41.9 Å². The summed E-state index contributed by atoms with van der Waals surface area (Å²) in [7, 11) is 2.64. The lowest BCUT2D eigenvalue weighted by Gasteiger charge is -2.17. The Labute approximate surface area is 193 Å². The molecule has 8 heteroatoms. The summed E-state index contributed by atoms with van der Waals surface area (Å²) in [6, 6.07) is 9.37. The van der Waals surface area contributed by atoms with E-state index in [1.54, 1.807) is 11.8 Å². The Hall–Kier alpha value is -2.74. The Morgan fingerprint density at radius 3 is 2.22 bits per heavy atom. The fraction of sp³-hybridized carbons (Fsp3) is 0.458. The molecule has 1 N–H and O–H groups in total. The van der Waals surface area contributed by atoms with Crippen molar-refractivity contribution in [1.29, 1.82) is 0 Å². The zero-order valence-electron chi connectivity index (χ0n) is 19.3. The van der Waals surface area contributed by atoms with Crippen molar-refractivity contribution in [3.63, 3.8) is 0 Å². The Bertz CT molecular complexity index is 930. The summed E-state index contributed by atoms with van der Waals surface area (Å²) in [5.41, 5.74) is 3.13. The Morgan fingerprint density at radius 2 is 1.62 bits per heavy atom. The molecule has 2 rings (SSSR count). The molecule has 0 saturated carbocycles. The second-order valence-corrected chi connectivity index (χ2v) is 10.0. The van der Waals surface area contributed by atoms with Crippen molar-refractivity contribution in [2.24, 2.45) is 0 Å². The molecule has 0 unspecified atom stereocenters. The second-order valence-electron chi connectivity index (χ2n) is 8.23. The molecule has 0 aliphatic heterocycles. The smallest absolute Gasteiger partial charge is 0.355 e. The molecule has 0 spiro atoms. The van der Waals surface area contributed by atoms with E-state index in [0.29, 0.717) is 16.9 Å². The van der Waals surface area contributed by atoms with E-state index in [0.717, 1.165) is 11.3 Å². The molecule has 0 fully saturated rings. The number of nitrogens with one attached hydrogen (secondary N) is 1. The molecule has 0 amide bonds. The van der Waals surface area contributed by atoms with E-state index in [1.165, 1.54) is 14.2 Å². The van der Waals surface area contributed by atoms with Gasteiger partial charge in [0.05, 0.1) is 20.6 Å². The highest BCUT2D eigenvalue weighted by atomic mass is 32.2. The highest BCUT2D eigenvalue weighted by Crippen LogP contribution is 2.31. The van der Waals surface area contributed by atoms with Gasteiger partial charge < -0.3 is 19.2 Å². The van der Waals surface area contributed by atoms with E-state index in [9.17, 15) is 14.4 Å². The van der Waals surface area contributed by atoms with Crippen molar-refractivity contribution < 1.29 is 28.6 Å². The normalized spacial score (nSPS) is 11.2. The fourth-order valence-corrected chi connectivity index (χ4v) is 3.87. The van der Waals surface area contributed by atoms with Crippen molar-refractivity contribution in [2.75, 3.05) is 14.2 Å². The van der Waals surface area contributed by atoms with Gasteiger partial charge in [0.25, 0.3) is 0 Å². The van der Waals surface area contributed by atoms with Gasteiger partial charge >= 0.3 is 17.9 Å². The maximum atomic E-state index is 13.0. The number of aromatic nitrogens is 1. The molecule has 7 nitrogen and oxygen atoms in total. The van der Waals surface area contributed by atoms with Crippen LogP contribution in [0.2, 0.25) is 0 Å². The lowest BCUT2D eigenvalue weighted by atomic mass is 10.0. The van der Waals surface area contributed by atoms with Crippen molar-refractivity contribution in [3.8, 4) is 0 Å². The van der Waals surface area contributed by atoms with Crippen LogP contribution in [0.4, 0.5) is 0 Å². The standard InChI is InChI=1S/C24H31NO6S/c1-24(2,3)32-15-19-18(13-21(27)30-5)17(11-12-20(26)29-4)22(25-19)23(28)31-14-16-9-7-6-8-10-16/h6-10,25H,11-15H2,1-5H3. The number of hydrogen-bond acceptors (Lipinski definition) is 7. The summed E-state index contributed by atoms with van der Waals surface area (Å²) in [5.74, 6) is -0.793. The molecule has 0 aliphatic rings. The van der Waals surface area contributed by atoms with Crippen LogP contribution in [0.1, 0.15) is 60.1 Å². The number of esters is 3. The van der Waals surface area contributed by atoms with Gasteiger partial charge in [-0.25, -0.2) is 4.79 Å². The van der Waals surface area contributed by atoms with Gasteiger partial charge in [0, 0.05) is 22.6 Å². The number of methoxy groups -OCH3 is 2. The van der Waals surface area contributed by atoms with Gasteiger partial charge in [0.2, 0.25) is 0 Å².